The molecule has 3 aliphatic carbocycles. The third-order valence-corrected chi connectivity index (χ3v) is 5.38. The fourth-order valence-corrected chi connectivity index (χ4v) is 3.80. The van der Waals surface area contributed by atoms with Gasteiger partial charge in [0.2, 0.25) is 0 Å². The molecule has 2 unspecified atom stereocenters. The zero-order valence-corrected chi connectivity index (χ0v) is 11.8. The molecule has 1 aromatic heterocycles. The number of aldehydes is 1. The van der Waals surface area contributed by atoms with Crippen molar-refractivity contribution >= 4 is 6.29 Å². The molecule has 3 aliphatic rings. The first-order chi connectivity index (χ1) is 9.59. The van der Waals surface area contributed by atoms with Gasteiger partial charge in [-0.3, -0.25) is 4.79 Å². The summed E-state index contributed by atoms with van der Waals surface area (Å²) in [4.78, 5) is 19.0. The molecular formula is C17H18N2O. The Hall–Kier alpha value is -1.90. The Labute approximate surface area is 118 Å². The number of aromatic nitrogens is 2. The summed E-state index contributed by atoms with van der Waals surface area (Å²) in [5.74, 6) is 2.34. The highest BCUT2D eigenvalue weighted by Gasteiger charge is 2.54. The van der Waals surface area contributed by atoms with Crippen LogP contribution in [0.25, 0.3) is 11.4 Å². The number of nitrogens with zero attached hydrogens (tertiary/aromatic N) is 1. The second-order valence-corrected chi connectivity index (χ2v) is 6.70. The normalized spacial score (nSPS) is 25.7. The average molecular weight is 266 g/mol. The number of carbonyl (C=O) groups excluding carboxylic acids is 1. The van der Waals surface area contributed by atoms with E-state index < -0.39 is 0 Å². The molecular weight excluding hydrogens is 248 g/mol. The lowest BCUT2D eigenvalue weighted by Crippen LogP contribution is -2.48. The van der Waals surface area contributed by atoms with Gasteiger partial charge in [-0.25, -0.2) is 4.98 Å². The molecule has 0 saturated heterocycles. The molecule has 5 rings (SSSR count). The Morgan fingerprint density at radius 1 is 1.30 bits per heavy atom. The highest BCUT2D eigenvalue weighted by atomic mass is 16.1. The maximum atomic E-state index is 10.7. The summed E-state index contributed by atoms with van der Waals surface area (Å²) in [6.07, 6.45) is 3.28. The van der Waals surface area contributed by atoms with E-state index in [2.05, 4.69) is 18.8 Å². The SMILES string of the molecule is CC1(C)C2Cc3[nH]c(-c4ccc(C=O)cc4)nc3C1C2. The summed E-state index contributed by atoms with van der Waals surface area (Å²) < 4.78 is 0. The van der Waals surface area contributed by atoms with Crippen LogP contribution < -0.4 is 0 Å². The quantitative estimate of drug-likeness (QED) is 0.844. The van der Waals surface area contributed by atoms with Gasteiger partial charge < -0.3 is 4.98 Å². The van der Waals surface area contributed by atoms with Crippen LogP contribution in [0.3, 0.4) is 0 Å². The number of aromatic amines is 1. The molecule has 0 radical (unpaired) electrons. The van der Waals surface area contributed by atoms with Gasteiger partial charge in [0.1, 0.15) is 12.1 Å². The van der Waals surface area contributed by atoms with Crippen LogP contribution in [-0.2, 0) is 6.42 Å². The molecule has 3 heteroatoms. The van der Waals surface area contributed by atoms with E-state index in [4.69, 9.17) is 4.98 Å². The Morgan fingerprint density at radius 3 is 2.70 bits per heavy atom. The minimum Gasteiger partial charge on any atom is -0.342 e. The number of H-pyrrole nitrogens is 1. The molecule has 2 aromatic rings. The second-order valence-electron chi connectivity index (χ2n) is 6.70. The molecule has 102 valence electrons. The molecule has 20 heavy (non-hydrogen) atoms. The van der Waals surface area contributed by atoms with Gasteiger partial charge in [0.05, 0.1) is 5.69 Å². The summed E-state index contributed by atoms with van der Waals surface area (Å²) in [7, 11) is 0. The smallest absolute Gasteiger partial charge is 0.150 e. The predicted octanol–water partition coefficient (Wildman–Crippen LogP) is 3.58. The zero-order chi connectivity index (χ0) is 13.9. The van der Waals surface area contributed by atoms with Crippen molar-refractivity contribution in [3.63, 3.8) is 0 Å². The third-order valence-electron chi connectivity index (χ3n) is 5.38. The number of hydrogen-bond donors (Lipinski definition) is 1. The van der Waals surface area contributed by atoms with Crippen LogP contribution in [0.5, 0.6) is 0 Å². The van der Waals surface area contributed by atoms with Crippen LogP contribution in [-0.4, -0.2) is 16.3 Å². The fourth-order valence-electron chi connectivity index (χ4n) is 3.80. The molecule has 0 amide bonds. The van der Waals surface area contributed by atoms with Crippen LogP contribution in [0, 0.1) is 11.3 Å². The van der Waals surface area contributed by atoms with Crippen LogP contribution in [0.15, 0.2) is 24.3 Å². The van der Waals surface area contributed by atoms with Gasteiger partial charge >= 0.3 is 0 Å². The highest BCUT2D eigenvalue weighted by molar-refractivity contribution is 5.76. The standard InChI is InChI=1S/C17H18N2O/c1-17(2)12-7-13(17)15-14(8-12)18-16(19-15)11-5-3-10(9-20)4-6-11/h3-6,9,12-13H,7-8H2,1-2H3,(H,18,19). The summed E-state index contributed by atoms with van der Waals surface area (Å²) in [5, 5.41) is 0. The Bertz CT molecular complexity index is 682. The molecule has 1 N–H and O–H groups in total. The van der Waals surface area contributed by atoms with E-state index in [0.717, 1.165) is 30.0 Å². The second kappa shape index (κ2) is 3.81. The number of imidazole rings is 1. The molecule has 1 fully saturated rings. The summed E-state index contributed by atoms with van der Waals surface area (Å²) in [5.41, 5.74) is 4.75. The van der Waals surface area contributed by atoms with Gasteiger partial charge in [-0.15, -0.1) is 0 Å². The van der Waals surface area contributed by atoms with Crippen LogP contribution in [0.1, 0.15) is 47.9 Å². The van der Waals surface area contributed by atoms with E-state index in [-0.39, 0.29) is 0 Å². The van der Waals surface area contributed by atoms with Crippen molar-refractivity contribution < 1.29 is 4.79 Å². The minimum atomic E-state index is 0.404. The number of rotatable bonds is 2. The number of nitrogens with one attached hydrogen (secondary N) is 1. The van der Waals surface area contributed by atoms with E-state index in [1.807, 2.05) is 24.3 Å². The third kappa shape index (κ3) is 1.46. The molecule has 2 bridgehead atoms. The molecule has 0 spiro atoms. The van der Waals surface area contributed by atoms with E-state index >= 15 is 0 Å². The van der Waals surface area contributed by atoms with Crippen LogP contribution in [0.4, 0.5) is 0 Å². The molecule has 2 atom stereocenters. The molecule has 1 aromatic carbocycles. The van der Waals surface area contributed by atoms with Crippen molar-refractivity contribution in [3.8, 4) is 11.4 Å². The van der Waals surface area contributed by atoms with Crippen LogP contribution in [0.2, 0.25) is 0 Å². The lowest BCUT2D eigenvalue weighted by atomic mass is 9.49. The number of hydrogen-bond acceptors (Lipinski definition) is 2. The number of carbonyl (C=O) groups is 1. The van der Waals surface area contributed by atoms with Crippen molar-refractivity contribution in [2.24, 2.45) is 11.3 Å². The first-order valence-electron chi connectivity index (χ1n) is 7.24. The lowest BCUT2D eigenvalue weighted by molar-refractivity contribution is 0.0153. The highest BCUT2D eigenvalue weighted by Crippen LogP contribution is 2.61. The maximum absolute atomic E-state index is 10.7. The largest absolute Gasteiger partial charge is 0.342 e. The van der Waals surface area contributed by atoms with Crippen molar-refractivity contribution in [2.75, 3.05) is 0 Å². The van der Waals surface area contributed by atoms with Crippen LogP contribution >= 0.6 is 0 Å². The minimum absolute atomic E-state index is 0.404. The lowest BCUT2D eigenvalue weighted by Gasteiger charge is -2.55. The average Bonchev–Trinajstić information content (AvgIpc) is 2.90. The van der Waals surface area contributed by atoms with Gasteiger partial charge in [-0.1, -0.05) is 38.1 Å². The van der Waals surface area contributed by atoms with Crippen molar-refractivity contribution in [2.45, 2.75) is 32.6 Å². The van der Waals surface area contributed by atoms with E-state index in [1.165, 1.54) is 17.8 Å². The summed E-state index contributed by atoms with van der Waals surface area (Å²) in [6.45, 7) is 4.73. The number of benzene rings is 1. The fraction of sp³-hybridized carbons (Fsp3) is 0.412. The first-order valence-corrected chi connectivity index (χ1v) is 7.24. The van der Waals surface area contributed by atoms with E-state index in [9.17, 15) is 4.79 Å². The van der Waals surface area contributed by atoms with Gasteiger partial charge in [-0.2, -0.15) is 0 Å². The molecule has 1 saturated carbocycles. The molecule has 0 aliphatic heterocycles. The van der Waals surface area contributed by atoms with Gasteiger partial charge in [-0.05, 0) is 24.2 Å². The monoisotopic (exact) mass is 266 g/mol. The topological polar surface area (TPSA) is 45.8 Å². The summed E-state index contributed by atoms with van der Waals surface area (Å²) in [6, 6.07) is 7.61. The van der Waals surface area contributed by atoms with Gasteiger partial charge in [0.25, 0.3) is 0 Å². The predicted molar refractivity (Wildman–Crippen MR) is 77.7 cm³/mol. The van der Waals surface area contributed by atoms with Gasteiger partial charge in [0, 0.05) is 22.7 Å². The zero-order valence-electron chi connectivity index (χ0n) is 11.8. The Kier molecular flexibility index (Phi) is 2.27. The first kappa shape index (κ1) is 11.9. The van der Waals surface area contributed by atoms with Crippen molar-refractivity contribution in [3.05, 3.63) is 41.2 Å². The Morgan fingerprint density at radius 2 is 2.05 bits per heavy atom. The molecule has 3 nitrogen and oxygen atoms in total. The van der Waals surface area contributed by atoms with E-state index in [1.54, 1.807) is 0 Å². The van der Waals surface area contributed by atoms with Crippen molar-refractivity contribution in [1.29, 1.82) is 0 Å². The maximum Gasteiger partial charge on any atom is 0.150 e. The molecule has 1 heterocycles. The summed E-state index contributed by atoms with van der Waals surface area (Å²) >= 11 is 0. The van der Waals surface area contributed by atoms with Crippen molar-refractivity contribution in [1.82, 2.24) is 9.97 Å². The Balaban J connectivity index is 1.73. The van der Waals surface area contributed by atoms with Gasteiger partial charge in [0.15, 0.2) is 0 Å². The van der Waals surface area contributed by atoms with E-state index in [0.29, 0.717) is 16.9 Å².